The molecule has 1 radical (unpaired) electrons. The minimum absolute atomic E-state index is 0.0789. The van der Waals surface area contributed by atoms with E-state index in [1.54, 1.807) is 0 Å². The second-order valence-electron chi connectivity index (χ2n) is 5.57. The van der Waals surface area contributed by atoms with Crippen molar-refractivity contribution in [1.82, 2.24) is 5.32 Å². The van der Waals surface area contributed by atoms with Crippen LogP contribution in [0.5, 0.6) is 0 Å². The Kier molecular flexibility index (Phi) is 7.51. The van der Waals surface area contributed by atoms with E-state index in [9.17, 15) is 9.59 Å². The van der Waals surface area contributed by atoms with Gasteiger partial charge in [-0.25, -0.2) is 0 Å². The summed E-state index contributed by atoms with van der Waals surface area (Å²) in [4.78, 5) is 24.5. The van der Waals surface area contributed by atoms with Crippen molar-refractivity contribution in [3.05, 3.63) is 71.8 Å². The van der Waals surface area contributed by atoms with Gasteiger partial charge in [0.2, 0.25) is 0 Å². The average molecular weight is 440 g/mol. The van der Waals surface area contributed by atoms with Gasteiger partial charge in [0.15, 0.2) is 0 Å². The van der Waals surface area contributed by atoms with E-state index in [0.29, 0.717) is 6.42 Å². The van der Waals surface area contributed by atoms with Crippen molar-refractivity contribution in [3.8, 4) is 0 Å². The van der Waals surface area contributed by atoms with Gasteiger partial charge in [0.25, 0.3) is 0 Å². The van der Waals surface area contributed by atoms with Gasteiger partial charge in [0.05, 0.1) is 0 Å². The maximum atomic E-state index is 12.3. The Morgan fingerprint density at radius 1 is 1.08 bits per heavy atom. The fraction of sp³-hybridized carbons (Fsp3) is 0.263. The van der Waals surface area contributed by atoms with Crippen LogP contribution in [0.4, 0.5) is 4.79 Å². The Hall–Kier alpha value is -2.01. The quantitative estimate of drug-likeness (QED) is 0.409. The molecule has 0 fully saturated rings. The SMILES string of the molecule is COC(=O)C([Se])(NC(=O)OCc1ccccc1)C(Cl)Cc1ccccc1. The molecule has 2 rings (SSSR count). The fourth-order valence-electron chi connectivity index (χ4n) is 2.28. The summed E-state index contributed by atoms with van der Waals surface area (Å²) in [5.41, 5.74) is 1.76. The van der Waals surface area contributed by atoms with Gasteiger partial charge >= 0.3 is 166 Å². The van der Waals surface area contributed by atoms with E-state index >= 15 is 0 Å². The van der Waals surface area contributed by atoms with Gasteiger partial charge in [-0.1, -0.05) is 0 Å². The molecule has 0 saturated heterocycles. The van der Waals surface area contributed by atoms with Gasteiger partial charge in [-0.05, 0) is 0 Å². The van der Waals surface area contributed by atoms with Crippen molar-refractivity contribution in [2.24, 2.45) is 0 Å². The van der Waals surface area contributed by atoms with Crippen LogP contribution in [0.3, 0.4) is 0 Å². The zero-order valence-electron chi connectivity index (χ0n) is 14.2. The first-order valence-corrected chi connectivity index (χ1v) is 9.20. The number of amides is 1. The van der Waals surface area contributed by atoms with Crippen LogP contribution in [-0.4, -0.2) is 45.0 Å². The van der Waals surface area contributed by atoms with Crippen LogP contribution < -0.4 is 5.32 Å². The monoisotopic (exact) mass is 440 g/mol. The van der Waals surface area contributed by atoms with E-state index in [2.05, 4.69) is 21.3 Å². The zero-order valence-corrected chi connectivity index (χ0v) is 16.7. The Bertz CT molecular complexity index is 729. The molecule has 0 aromatic heterocycles. The van der Waals surface area contributed by atoms with E-state index in [1.807, 2.05) is 60.7 Å². The number of nitrogens with one attached hydrogen (secondary N) is 1. The number of carbonyl (C=O) groups is 2. The first kappa shape index (κ1) is 20.3. The summed E-state index contributed by atoms with van der Waals surface area (Å²) >= 11 is 9.13. The predicted octanol–water partition coefficient (Wildman–Crippen LogP) is 2.80. The third-order valence-electron chi connectivity index (χ3n) is 3.69. The van der Waals surface area contributed by atoms with Crippen molar-refractivity contribution >= 4 is 39.7 Å². The molecular formula is C19H19ClNO4Se. The molecule has 2 atom stereocenters. The molecule has 1 amide bonds. The number of rotatable bonds is 7. The molecule has 0 aliphatic rings. The third-order valence-corrected chi connectivity index (χ3v) is 5.62. The van der Waals surface area contributed by atoms with Gasteiger partial charge in [-0.3, -0.25) is 0 Å². The van der Waals surface area contributed by atoms with Crippen molar-refractivity contribution in [1.29, 1.82) is 0 Å². The summed E-state index contributed by atoms with van der Waals surface area (Å²) < 4.78 is 8.44. The van der Waals surface area contributed by atoms with Crippen molar-refractivity contribution in [2.45, 2.75) is 22.8 Å². The molecule has 137 valence electrons. The third kappa shape index (κ3) is 5.49. The van der Waals surface area contributed by atoms with Crippen molar-refractivity contribution in [2.75, 3.05) is 7.11 Å². The van der Waals surface area contributed by atoms with Crippen molar-refractivity contribution < 1.29 is 19.1 Å². The zero-order chi connectivity index (χ0) is 19.0. The minimum atomic E-state index is -1.56. The molecule has 0 aliphatic heterocycles. The molecule has 0 bridgehead atoms. The fourth-order valence-corrected chi connectivity index (χ4v) is 3.13. The summed E-state index contributed by atoms with van der Waals surface area (Å²) in [6, 6.07) is 18.6. The Morgan fingerprint density at radius 2 is 1.62 bits per heavy atom. The van der Waals surface area contributed by atoms with Crippen LogP contribution in [0.2, 0.25) is 0 Å². The average Bonchev–Trinajstić information content (AvgIpc) is 2.67. The predicted molar refractivity (Wildman–Crippen MR) is 100 cm³/mol. The van der Waals surface area contributed by atoms with Gasteiger partial charge in [0, 0.05) is 0 Å². The number of halogens is 1. The summed E-state index contributed by atoms with van der Waals surface area (Å²) in [7, 11) is 1.23. The molecule has 0 spiro atoms. The molecule has 2 unspecified atom stereocenters. The maximum absolute atomic E-state index is 12.3. The summed E-state index contributed by atoms with van der Waals surface area (Å²) in [6.07, 6.45) is -0.416. The van der Waals surface area contributed by atoms with E-state index in [4.69, 9.17) is 21.1 Å². The molecular weight excluding hydrogens is 421 g/mol. The number of benzene rings is 2. The molecule has 2 aromatic carbocycles. The van der Waals surface area contributed by atoms with Crippen LogP contribution in [0.1, 0.15) is 11.1 Å². The van der Waals surface area contributed by atoms with Crippen molar-refractivity contribution in [3.63, 3.8) is 0 Å². The van der Waals surface area contributed by atoms with Gasteiger partial charge < -0.3 is 0 Å². The van der Waals surface area contributed by atoms with Crippen LogP contribution in [-0.2, 0) is 27.3 Å². The van der Waals surface area contributed by atoms with Crippen LogP contribution >= 0.6 is 11.6 Å². The normalized spacial score (nSPS) is 14.0. The number of methoxy groups -OCH3 is 1. The molecule has 0 heterocycles. The summed E-state index contributed by atoms with van der Waals surface area (Å²) in [6.45, 7) is 0.0789. The first-order chi connectivity index (χ1) is 12.5. The number of carbonyl (C=O) groups excluding carboxylic acids is 2. The molecule has 0 saturated carbocycles. The van der Waals surface area contributed by atoms with Gasteiger partial charge in [-0.2, -0.15) is 0 Å². The number of alkyl carbamates (subject to hydrolysis) is 1. The van der Waals surface area contributed by atoms with E-state index < -0.39 is 21.9 Å². The second kappa shape index (κ2) is 9.62. The molecule has 7 heteroatoms. The molecule has 5 nitrogen and oxygen atoms in total. The molecule has 26 heavy (non-hydrogen) atoms. The van der Waals surface area contributed by atoms with Gasteiger partial charge in [-0.15, -0.1) is 0 Å². The summed E-state index contributed by atoms with van der Waals surface area (Å²) in [5, 5.41) is 1.73. The molecule has 1 N–H and O–H groups in total. The molecule has 0 aliphatic carbocycles. The number of hydrogen-bond donors (Lipinski definition) is 1. The van der Waals surface area contributed by atoms with E-state index in [0.717, 1.165) is 11.1 Å². The summed E-state index contributed by atoms with van der Waals surface area (Å²) in [5.74, 6) is -0.690. The van der Waals surface area contributed by atoms with E-state index in [-0.39, 0.29) is 6.61 Å². The number of esters is 1. The van der Waals surface area contributed by atoms with Crippen LogP contribution in [0.15, 0.2) is 60.7 Å². The first-order valence-electron chi connectivity index (χ1n) is 7.91. The Morgan fingerprint density at radius 3 is 2.15 bits per heavy atom. The van der Waals surface area contributed by atoms with E-state index in [1.165, 1.54) is 7.11 Å². The van der Waals surface area contributed by atoms with Crippen LogP contribution in [0, 0.1) is 0 Å². The van der Waals surface area contributed by atoms with Gasteiger partial charge in [0.1, 0.15) is 0 Å². The van der Waals surface area contributed by atoms with Crippen LogP contribution in [0.25, 0.3) is 0 Å². The Balaban J connectivity index is 2.04. The molecule has 2 aromatic rings. The standard InChI is InChI=1S/C19H19ClNO4Se/c1-24-17(22)19(26,16(20)12-14-8-4-2-5-9-14)21-18(23)25-13-15-10-6-3-7-11-15/h2-11,16H,12-13H2,1H3,(H,21,23). The Labute approximate surface area is 165 Å². The number of hydrogen-bond acceptors (Lipinski definition) is 4. The second-order valence-corrected chi connectivity index (χ2v) is 7.45. The number of alkyl halides is 1. The number of ether oxygens (including phenoxy) is 2. The topological polar surface area (TPSA) is 64.6 Å².